The summed E-state index contributed by atoms with van der Waals surface area (Å²) in [6.07, 6.45) is 4.96. The highest BCUT2D eigenvalue weighted by Gasteiger charge is 2.43. The van der Waals surface area contributed by atoms with Crippen LogP contribution in [0.2, 0.25) is 18.1 Å². The maximum absolute atomic E-state index is 8.99. The van der Waals surface area contributed by atoms with Crippen molar-refractivity contribution in [3.8, 4) is 0 Å². The highest BCUT2D eigenvalue weighted by Crippen LogP contribution is 2.25. The molecule has 15 heavy (non-hydrogen) atoms. The molecule has 0 saturated carbocycles. The first kappa shape index (κ1) is 14.5. The van der Waals surface area contributed by atoms with Gasteiger partial charge in [0, 0.05) is 0 Å². The van der Waals surface area contributed by atoms with Crippen molar-refractivity contribution < 1.29 is 18.5 Å². The smallest absolute Gasteiger partial charge is 0.393 e. The van der Waals surface area contributed by atoms with Crippen molar-refractivity contribution in [2.75, 3.05) is 0 Å². The zero-order valence-electron chi connectivity index (χ0n) is 8.72. The van der Waals surface area contributed by atoms with Crippen molar-refractivity contribution in [3.63, 3.8) is 0 Å². The molecule has 0 saturated heterocycles. The molecule has 0 bridgehead atoms. The van der Waals surface area contributed by atoms with E-state index in [-0.39, 0.29) is 0 Å². The molecule has 0 amide bonds. The minimum Gasteiger partial charge on any atom is -0.393 e. The quantitative estimate of drug-likeness (QED) is 0.440. The van der Waals surface area contributed by atoms with Gasteiger partial charge in [0.25, 0.3) is 0 Å². The van der Waals surface area contributed by atoms with Crippen molar-refractivity contribution in [1.29, 1.82) is 0 Å². The largest absolute Gasteiger partial charge is 0.660 e. The van der Waals surface area contributed by atoms with Gasteiger partial charge < -0.3 is 18.5 Å². The first-order valence-electron chi connectivity index (χ1n) is 4.59. The lowest BCUT2D eigenvalue weighted by atomic mass is 10.7. The molecular formula is C9H18O4Si2. The normalized spacial score (nSPS) is 12.2. The van der Waals surface area contributed by atoms with Gasteiger partial charge in [-0.05, 0) is 18.1 Å². The molecule has 0 radical (unpaired) electrons. The molecule has 6 heteroatoms. The van der Waals surface area contributed by atoms with Crippen LogP contribution < -0.4 is 0 Å². The summed E-state index contributed by atoms with van der Waals surface area (Å²) in [5.41, 5.74) is 0. The molecule has 0 unspecified atom stereocenters. The lowest BCUT2D eigenvalue weighted by Gasteiger charge is -2.30. The van der Waals surface area contributed by atoms with Gasteiger partial charge in [-0.25, -0.2) is 0 Å². The van der Waals surface area contributed by atoms with Crippen LogP contribution >= 0.6 is 0 Å². The van der Waals surface area contributed by atoms with E-state index in [4.69, 9.17) is 18.5 Å². The predicted octanol–water partition coefficient (Wildman–Crippen LogP) is 0.919. The van der Waals surface area contributed by atoms with Crippen molar-refractivity contribution in [1.82, 2.24) is 0 Å². The Balaban J connectivity index is 4.82. The van der Waals surface area contributed by atoms with Crippen LogP contribution in [0.1, 0.15) is 0 Å². The highest BCUT2D eigenvalue weighted by molar-refractivity contribution is 6.81. The molecule has 0 aliphatic carbocycles. The second-order valence-corrected chi connectivity index (χ2v) is 8.89. The van der Waals surface area contributed by atoms with E-state index in [1.807, 2.05) is 0 Å². The van der Waals surface area contributed by atoms with Crippen LogP contribution in [0.25, 0.3) is 0 Å². The number of hydrogen-bond donors (Lipinski definition) is 3. The van der Waals surface area contributed by atoms with Crippen molar-refractivity contribution in [2.45, 2.75) is 18.1 Å². The SMILES string of the molecule is C=CC[Si](CC=C)(CC=C)O[Si](O)(O)O. The van der Waals surface area contributed by atoms with Gasteiger partial charge in [-0.1, -0.05) is 18.2 Å². The van der Waals surface area contributed by atoms with E-state index in [2.05, 4.69) is 19.7 Å². The van der Waals surface area contributed by atoms with Gasteiger partial charge in [-0.2, -0.15) is 0 Å². The standard InChI is InChI=1S/C9H18O4Si2/c1-4-7-14(8-5-2,9-6-3)13-15(10,11)12/h4-6,10-12H,1-3,7-9H2. The van der Waals surface area contributed by atoms with E-state index in [1.165, 1.54) is 0 Å². The van der Waals surface area contributed by atoms with Gasteiger partial charge in [-0.15, -0.1) is 19.7 Å². The molecule has 0 aromatic heterocycles. The third-order valence-electron chi connectivity index (χ3n) is 1.90. The molecule has 0 fully saturated rings. The molecule has 4 nitrogen and oxygen atoms in total. The highest BCUT2D eigenvalue weighted by atomic mass is 28.5. The van der Waals surface area contributed by atoms with E-state index in [9.17, 15) is 0 Å². The Morgan fingerprint density at radius 3 is 1.40 bits per heavy atom. The maximum Gasteiger partial charge on any atom is 0.660 e. The Bertz CT molecular complexity index is 208. The summed E-state index contributed by atoms with van der Waals surface area (Å²) >= 11 is 0. The van der Waals surface area contributed by atoms with Crippen LogP contribution in [-0.4, -0.2) is 31.8 Å². The van der Waals surface area contributed by atoms with Crippen LogP contribution in [0, 0.1) is 0 Å². The number of rotatable bonds is 8. The summed E-state index contributed by atoms with van der Waals surface area (Å²) in [6.45, 7) is 10.8. The van der Waals surface area contributed by atoms with Crippen LogP contribution in [0.4, 0.5) is 0 Å². The molecule has 0 aromatic rings. The second-order valence-electron chi connectivity index (χ2n) is 3.34. The van der Waals surface area contributed by atoms with Crippen LogP contribution in [0.15, 0.2) is 38.0 Å². The van der Waals surface area contributed by atoms with E-state index in [1.54, 1.807) is 18.2 Å². The topological polar surface area (TPSA) is 69.9 Å². The Morgan fingerprint density at radius 1 is 0.867 bits per heavy atom. The third kappa shape index (κ3) is 5.82. The molecule has 0 aliphatic heterocycles. The molecule has 86 valence electrons. The van der Waals surface area contributed by atoms with Gasteiger partial charge in [-0.3, -0.25) is 0 Å². The van der Waals surface area contributed by atoms with Gasteiger partial charge in [0.1, 0.15) is 0 Å². The fraction of sp³-hybridized carbons (Fsp3) is 0.333. The average Bonchev–Trinajstić information content (AvgIpc) is 2.01. The first-order chi connectivity index (χ1) is 6.89. The summed E-state index contributed by atoms with van der Waals surface area (Å²) in [5.74, 6) is 0. The van der Waals surface area contributed by atoms with Crippen molar-refractivity contribution in [3.05, 3.63) is 38.0 Å². The number of allylic oxidation sites excluding steroid dienone is 3. The Morgan fingerprint density at radius 2 is 1.20 bits per heavy atom. The minimum atomic E-state index is -4.49. The zero-order valence-corrected chi connectivity index (χ0v) is 10.7. The van der Waals surface area contributed by atoms with Gasteiger partial charge in [0.15, 0.2) is 8.32 Å². The zero-order chi connectivity index (χ0) is 11.9. The molecule has 0 heterocycles. The Kier molecular flexibility index (Phi) is 5.95. The molecule has 0 atom stereocenters. The lowest BCUT2D eigenvalue weighted by molar-refractivity contribution is 0.123. The van der Waals surface area contributed by atoms with Gasteiger partial charge in [0.05, 0.1) is 0 Å². The molecule has 0 aliphatic rings. The monoisotopic (exact) mass is 246 g/mol. The molecule has 0 rings (SSSR count). The van der Waals surface area contributed by atoms with E-state index >= 15 is 0 Å². The minimum absolute atomic E-state index is 0.515. The van der Waals surface area contributed by atoms with E-state index in [0.29, 0.717) is 18.1 Å². The summed E-state index contributed by atoms with van der Waals surface area (Å²) in [4.78, 5) is 27.0. The first-order valence-corrected chi connectivity index (χ1v) is 8.87. The van der Waals surface area contributed by atoms with Crippen LogP contribution in [0.5, 0.6) is 0 Å². The lowest BCUT2D eigenvalue weighted by Crippen LogP contribution is -2.51. The fourth-order valence-corrected chi connectivity index (χ4v) is 6.86. The van der Waals surface area contributed by atoms with Gasteiger partial charge >= 0.3 is 9.05 Å². The average molecular weight is 246 g/mol. The summed E-state index contributed by atoms with van der Waals surface area (Å²) < 4.78 is 5.08. The predicted molar refractivity (Wildman–Crippen MR) is 64.3 cm³/mol. The Hall–Kier alpha value is -0.506. The van der Waals surface area contributed by atoms with E-state index in [0.717, 1.165) is 0 Å². The van der Waals surface area contributed by atoms with Crippen LogP contribution in [0.3, 0.4) is 0 Å². The summed E-state index contributed by atoms with van der Waals surface area (Å²) in [6, 6.07) is 1.55. The second kappa shape index (κ2) is 6.16. The molecule has 0 aromatic carbocycles. The molecule has 0 spiro atoms. The third-order valence-corrected chi connectivity index (χ3v) is 7.83. The summed E-state index contributed by atoms with van der Waals surface area (Å²) in [7, 11) is -6.96. The maximum atomic E-state index is 8.99. The number of hydrogen-bond acceptors (Lipinski definition) is 4. The molecule has 3 N–H and O–H groups in total. The summed E-state index contributed by atoms with van der Waals surface area (Å²) in [5, 5.41) is 0. The molecular weight excluding hydrogens is 228 g/mol. The Labute approximate surface area is 92.5 Å². The van der Waals surface area contributed by atoms with Crippen molar-refractivity contribution in [2.24, 2.45) is 0 Å². The van der Waals surface area contributed by atoms with Crippen LogP contribution in [-0.2, 0) is 4.12 Å². The van der Waals surface area contributed by atoms with Gasteiger partial charge in [0.2, 0.25) is 0 Å². The van der Waals surface area contributed by atoms with Crippen molar-refractivity contribution >= 4 is 17.4 Å². The fourth-order valence-electron chi connectivity index (χ4n) is 1.45. The van der Waals surface area contributed by atoms with E-state index < -0.39 is 17.4 Å².